The molecule has 0 aromatic carbocycles. The fourth-order valence-corrected chi connectivity index (χ4v) is 1.71. The van der Waals surface area contributed by atoms with E-state index >= 15 is 0 Å². The number of halogens is 3. The maximum Gasteiger partial charge on any atom is 0.433 e. The van der Waals surface area contributed by atoms with E-state index in [1.807, 2.05) is 0 Å². The van der Waals surface area contributed by atoms with Crippen LogP contribution in [-0.4, -0.2) is 26.7 Å². The molecule has 112 valence electrons. The summed E-state index contributed by atoms with van der Waals surface area (Å²) >= 11 is 4.79. The number of pyridine rings is 1. The minimum absolute atomic E-state index is 0.0307. The third kappa shape index (κ3) is 3.88. The summed E-state index contributed by atoms with van der Waals surface area (Å²) in [6.07, 6.45) is -2.98. The lowest BCUT2D eigenvalue weighted by Gasteiger charge is -2.12. The van der Waals surface area contributed by atoms with Crippen molar-refractivity contribution >= 4 is 23.0 Å². The Labute approximate surface area is 122 Å². The summed E-state index contributed by atoms with van der Waals surface area (Å²) in [7, 11) is 0. The molecular weight excluding hydrogens is 307 g/mol. The van der Waals surface area contributed by atoms with Gasteiger partial charge in [0, 0.05) is 13.0 Å². The van der Waals surface area contributed by atoms with Gasteiger partial charge in [0.15, 0.2) is 6.33 Å². The van der Waals surface area contributed by atoms with Crippen LogP contribution in [0, 0.1) is 0 Å². The molecule has 0 spiro atoms. The molecule has 2 heterocycles. The van der Waals surface area contributed by atoms with Crippen molar-refractivity contribution in [3.8, 4) is 0 Å². The summed E-state index contributed by atoms with van der Waals surface area (Å²) in [5, 5.41) is 6.16. The number of rotatable bonds is 5. The number of nitrogens with one attached hydrogen (secondary N) is 1. The summed E-state index contributed by atoms with van der Waals surface area (Å²) in [6.45, 7) is 0.242. The third-order valence-electron chi connectivity index (χ3n) is 2.49. The second kappa shape index (κ2) is 6.04. The second-order valence-electron chi connectivity index (χ2n) is 3.97. The van der Waals surface area contributed by atoms with Crippen molar-refractivity contribution in [3.63, 3.8) is 0 Å². The van der Waals surface area contributed by atoms with Crippen molar-refractivity contribution in [2.24, 2.45) is 5.73 Å². The van der Waals surface area contributed by atoms with Crippen molar-refractivity contribution in [1.82, 2.24) is 15.1 Å². The van der Waals surface area contributed by atoms with E-state index in [4.69, 9.17) is 22.5 Å². The van der Waals surface area contributed by atoms with Gasteiger partial charge in [-0.2, -0.15) is 18.2 Å². The zero-order valence-electron chi connectivity index (χ0n) is 10.5. The van der Waals surface area contributed by atoms with Crippen LogP contribution >= 0.6 is 12.2 Å². The molecule has 10 heteroatoms. The molecule has 6 nitrogen and oxygen atoms in total. The highest BCUT2D eigenvalue weighted by atomic mass is 32.1. The molecule has 0 saturated heterocycles. The van der Waals surface area contributed by atoms with Gasteiger partial charge in [-0.1, -0.05) is 17.4 Å². The SMILES string of the molecule is NC(=S)c1ccc(C(F)(F)F)nc1NCCc1ncno1. The number of hydrogen-bond donors (Lipinski definition) is 2. The van der Waals surface area contributed by atoms with Gasteiger partial charge < -0.3 is 15.6 Å². The molecule has 21 heavy (non-hydrogen) atoms. The molecule has 2 aromatic heterocycles. The van der Waals surface area contributed by atoms with Crippen LogP contribution in [-0.2, 0) is 12.6 Å². The largest absolute Gasteiger partial charge is 0.433 e. The van der Waals surface area contributed by atoms with Crippen LogP contribution in [0.15, 0.2) is 23.0 Å². The third-order valence-corrected chi connectivity index (χ3v) is 2.71. The molecule has 2 aromatic rings. The maximum atomic E-state index is 12.7. The molecule has 2 rings (SSSR count). The molecule has 0 aliphatic carbocycles. The summed E-state index contributed by atoms with van der Waals surface area (Å²) in [6, 6.07) is 2.02. The topological polar surface area (TPSA) is 89.9 Å². The zero-order chi connectivity index (χ0) is 15.5. The number of nitrogens with zero attached hydrogens (tertiary/aromatic N) is 3. The first kappa shape index (κ1) is 15.2. The Balaban J connectivity index is 2.16. The highest BCUT2D eigenvalue weighted by Gasteiger charge is 2.33. The molecule has 0 bridgehead atoms. The minimum Gasteiger partial charge on any atom is -0.389 e. The normalized spacial score (nSPS) is 11.4. The zero-order valence-corrected chi connectivity index (χ0v) is 11.3. The van der Waals surface area contributed by atoms with Crippen LogP contribution in [0.4, 0.5) is 19.0 Å². The van der Waals surface area contributed by atoms with Gasteiger partial charge >= 0.3 is 6.18 Å². The van der Waals surface area contributed by atoms with Gasteiger partial charge in [-0.3, -0.25) is 0 Å². The monoisotopic (exact) mass is 317 g/mol. The van der Waals surface area contributed by atoms with Crippen molar-refractivity contribution in [3.05, 3.63) is 35.6 Å². The number of hydrogen-bond acceptors (Lipinski definition) is 6. The van der Waals surface area contributed by atoms with Crippen molar-refractivity contribution in [2.45, 2.75) is 12.6 Å². The molecule has 0 aliphatic rings. The Bertz CT molecular complexity index is 629. The predicted octanol–water partition coefficient (Wildman–Crippen LogP) is 1.77. The van der Waals surface area contributed by atoms with Gasteiger partial charge in [-0.15, -0.1) is 0 Å². The molecule has 3 N–H and O–H groups in total. The van der Waals surface area contributed by atoms with Gasteiger partial charge in [0.05, 0.1) is 5.56 Å². The van der Waals surface area contributed by atoms with Crippen LogP contribution in [0.1, 0.15) is 17.1 Å². The van der Waals surface area contributed by atoms with E-state index in [1.165, 1.54) is 12.4 Å². The van der Waals surface area contributed by atoms with E-state index in [1.54, 1.807) is 0 Å². The summed E-state index contributed by atoms with van der Waals surface area (Å²) < 4.78 is 42.8. The van der Waals surface area contributed by atoms with E-state index < -0.39 is 11.9 Å². The van der Waals surface area contributed by atoms with E-state index in [2.05, 4.69) is 20.4 Å². The van der Waals surface area contributed by atoms with Crippen LogP contribution in [0.2, 0.25) is 0 Å². The summed E-state index contributed by atoms with van der Waals surface area (Å²) in [4.78, 5) is 7.26. The smallest absolute Gasteiger partial charge is 0.389 e. The summed E-state index contributed by atoms with van der Waals surface area (Å²) in [5.41, 5.74) is 4.68. The quantitative estimate of drug-likeness (QED) is 0.812. The van der Waals surface area contributed by atoms with Crippen LogP contribution in [0.3, 0.4) is 0 Å². The Morgan fingerprint density at radius 1 is 1.38 bits per heavy atom. The van der Waals surface area contributed by atoms with Gasteiger partial charge in [0.2, 0.25) is 5.89 Å². The first-order valence-electron chi connectivity index (χ1n) is 5.75. The Kier molecular flexibility index (Phi) is 4.36. The molecule has 0 fully saturated rings. The molecule has 0 amide bonds. The molecule has 0 atom stereocenters. The van der Waals surface area contributed by atoms with Crippen molar-refractivity contribution < 1.29 is 17.7 Å². The second-order valence-corrected chi connectivity index (χ2v) is 4.41. The first-order chi connectivity index (χ1) is 9.88. The molecule has 0 saturated carbocycles. The van der Waals surface area contributed by atoms with E-state index in [9.17, 15) is 13.2 Å². The van der Waals surface area contributed by atoms with Crippen molar-refractivity contribution in [1.29, 1.82) is 0 Å². The lowest BCUT2D eigenvalue weighted by Crippen LogP contribution is -2.18. The minimum atomic E-state index is -4.54. The molecule has 0 aliphatic heterocycles. The fraction of sp³-hybridized carbons (Fsp3) is 0.273. The van der Waals surface area contributed by atoms with E-state index in [0.717, 1.165) is 6.07 Å². The van der Waals surface area contributed by atoms with E-state index in [-0.39, 0.29) is 22.9 Å². The number of aromatic nitrogens is 3. The number of anilines is 1. The fourth-order valence-electron chi connectivity index (χ4n) is 1.54. The lowest BCUT2D eigenvalue weighted by molar-refractivity contribution is -0.141. The summed E-state index contributed by atoms with van der Waals surface area (Å²) in [5.74, 6) is 0.322. The van der Waals surface area contributed by atoms with E-state index in [0.29, 0.717) is 12.3 Å². The number of alkyl halides is 3. The lowest BCUT2D eigenvalue weighted by atomic mass is 10.2. The number of thiocarbonyl (C=S) groups is 1. The highest BCUT2D eigenvalue weighted by Crippen LogP contribution is 2.29. The average molecular weight is 317 g/mol. The van der Waals surface area contributed by atoms with Gasteiger partial charge in [0.1, 0.15) is 16.5 Å². The van der Waals surface area contributed by atoms with Crippen LogP contribution in [0.5, 0.6) is 0 Å². The molecule has 0 radical (unpaired) electrons. The predicted molar refractivity (Wildman–Crippen MR) is 71.6 cm³/mol. The van der Waals surface area contributed by atoms with Gasteiger partial charge in [0.25, 0.3) is 0 Å². The van der Waals surface area contributed by atoms with Crippen LogP contribution in [0.25, 0.3) is 0 Å². The Hall–Kier alpha value is -2.23. The first-order valence-corrected chi connectivity index (χ1v) is 6.16. The van der Waals surface area contributed by atoms with Crippen LogP contribution < -0.4 is 11.1 Å². The molecular formula is C11H10F3N5OS. The Morgan fingerprint density at radius 3 is 2.71 bits per heavy atom. The highest BCUT2D eigenvalue weighted by molar-refractivity contribution is 7.80. The van der Waals surface area contributed by atoms with Crippen molar-refractivity contribution in [2.75, 3.05) is 11.9 Å². The van der Waals surface area contributed by atoms with Gasteiger partial charge in [-0.25, -0.2) is 4.98 Å². The Morgan fingerprint density at radius 2 is 2.14 bits per heavy atom. The molecule has 0 unspecified atom stereocenters. The maximum absolute atomic E-state index is 12.7. The van der Waals surface area contributed by atoms with Gasteiger partial charge in [-0.05, 0) is 12.1 Å². The number of nitrogens with two attached hydrogens (primary N) is 1. The average Bonchev–Trinajstić information content (AvgIpc) is 2.90. The standard InChI is InChI=1S/C11H10F3N5OS/c12-11(13,14)7-2-1-6(9(15)21)10(19-7)16-4-3-8-17-5-18-20-8/h1-2,5H,3-4H2,(H2,15,21)(H,16,19).